The van der Waals surface area contributed by atoms with Crippen molar-refractivity contribution in [2.24, 2.45) is 0 Å². The lowest BCUT2D eigenvalue weighted by molar-refractivity contribution is -0.138. The van der Waals surface area contributed by atoms with Crippen LogP contribution in [0.15, 0.2) is 23.2 Å². The van der Waals surface area contributed by atoms with E-state index < -0.39 is 22.0 Å². The number of hydrogen-bond acceptors (Lipinski definition) is 5. The van der Waals surface area contributed by atoms with Gasteiger partial charge >= 0.3 is 5.97 Å². The van der Waals surface area contributed by atoms with Crippen LogP contribution in [0.4, 0.5) is 5.82 Å². The molecule has 8 heteroatoms. The minimum absolute atomic E-state index is 0.190. The quantitative estimate of drug-likeness (QED) is 0.885. The summed E-state index contributed by atoms with van der Waals surface area (Å²) in [4.78, 5) is 17.3. The van der Waals surface area contributed by atoms with E-state index in [0.717, 1.165) is 19.3 Å². The van der Waals surface area contributed by atoms with Gasteiger partial charge in [0.1, 0.15) is 11.9 Å². The van der Waals surface area contributed by atoms with Crippen molar-refractivity contribution in [1.29, 1.82) is 0 Å². The summed E-state index contributed by atoms with van der Waals surface area (Å²) in [6.07, 6.45) is 4.52. The average Bonchev–Trinajstić information content (AvgIpc) is 3.19. The number of pyridine rings is 1. The maximum absolute atomic E-state index is 12.6. The molecule has 0 radical (unpaired) electrons. The maximum Gasteiger partial charge on any atom is 0.326 e. The van der Waals surface area contributed by atoms with Crippen LogP contribution in [0.5, 0.6) is 0 Å². The highest BCUT2D eigenvalue weighted by atomic mass is 32.2. The summed E-state index contributed by atoms with van der Waals surface area (Å²) in [5, 5.41) is 9.25. The zero-order valence-electron chi connectivity index (χ0n) is 12.2. The van der Waals surface area contributed by atoms with Crippen LogP contribution in [-0.2, 0) is 14.8 Å². The minimum Gasteiger partial charge on any atom is -0.480 e. The van der Waals surface area contributed by atoms with Gasteiger partial charge in [-0.05, 0) is 31.7 Å². The van der Waals surface area contributed by atoms with E-state index >= 15 is 0 Å². The highest BCUT2D eigenvalue weighted by Crippen LogP contribution is 2.27. The first-order valence-corrected chi connectivity index (χ1v) is 8.90. The molecule has 0 spiro atoms. The van der Waals surface area contributed by atoms with E-state index in [-0.39, 0.29) is 4.90 Å². The molecule has 1 aromatic heterocycles. The summed E-state index contributed by atoms with van der Waals surface area (Å²) in [5.41, 5.74) is 0. The minimum atomic E-state index is -3.51. The lowest BCUT2D eigenvalue weighted by Gasteiger charge is -2.23. The topological polar surface area (TPSA) is 90.8 Å². The van der Waals surface area contributed by atoms with E-state index in [1.54, 1.807) is 4.90 Å². The highest BCUT2D eigenvalue weighted by Gasteiger charge is 2.33. The third-order valence-corrected chi connectivity index (χ3v) is 6.15. The standard InChI is InChI=1S/C14H19N3O4S/c18-14(19)12-4-3-9-17(12)13-10-11(5-6-15-13)22(20,21)16-7-1-2-8-16/h5-6,10,12H,1-4,7-9H2,(H,18,19). The SMILES string of the molecule is O=C(O)C1CCCN1c1cc(S(=O)(=O)N2CCCC2)ccn1. The van der Waals surface area contributed by atoms with Crippen LogP contribution in [0.25, 0.3) is 0 Å². The number of carboxylic acid groups (broad SMARTS) is 1. The molecule has 0 aromatic carbocycles. The van der Waals surface area contributed by atoms with Crippen LogP contribution >= 0.6 is 0 Å². The lowest BCUT2D eigenvalue weighted by atomic mass is 10.2. The molecule has 2 fully saturated rings. The Labute approximate surface area is 129 Å². The van der Waals surface area contributed by atoms with Crippen molar-refractivity contribution < 1.29 is 18.3 Å². The van der Waals surface area contributed by atoms with Crippen molar-refractivity contribution in [3.8, 4) is 0 Å². The van der Waals surface area contributed by atoms with E-state index in [0.29, 0.717) is 31.9 Å². The molecular formula is C14H19N3O4S. The van der Waals surface area contributed by atoms with Crippen LogP contribution < -0.4 is 4.90 Å². The third kappa shape index (κ3) is 2.68. The zero-order chi connectivity index (χ0) is 15.7. The second kappa shape index (κ2) is 5.85. The predicted molar refractivity (Wildman–Crippen MR) is 80.2 cm³/mol. The summed E-state index contributed by atoms with van der Waals surface area (Å²) in [5.74, 6) is -0.475. The fraction of sp³-hybridized carbons (Fsp3) is 0.571. The Hall–Kier alpha value is -1.67. The van der Waals surface area contributed by atoms with Crippen molar-refractivity contribution in [2.75, 3.05) is 24.5 Å². The number of aromatic nitrogens is 1. The molecule has 22 heavy (non-hydrogen) atoms. The van der Waals surface area contributed by atoms with Gasteiger partial charge in [-0.25, -0.2) is 18.2 Å². The zero-order valence-corrected chi connectivity index (χ0v) is 13.0. The Bertz CT molecular complexity index is 670. The van der Waals surface area contributed by atoms with Gasteiger partial charge in [-0.1, -0.05) is 0 Å². The van der Waals surface area contributed by atoms with E-state index in [1.807, 2.05) is 0 Å². The molecule has 3 rings (SSSR count). The first-order valence-electron chi connectivity index (χ1n) is 7.46. The molecule has 0 amide bonds. The van der Waals surface area contributed by atoms with Gasteiger partial charge in [0, 0.05) is 31.9 Å². The molecule has 2 aliphatic rings. The molecule has 1 atom stereocenters. The normalized spacial score (nSPS) is 23.1. The summed E-state index contributed by atoms with van der Waals surface area (Å²) in [6, 6.07) is 2.34. The van der Waals surface area contributed by atoms with Crippen molar-refractivity contribution in [3.63, 3.8) is 0 Å². The van der Waals surface area contributed by atoms with Crippen molar-refractivity contribution in [1.82, 2.24) is 9.29 Å². The van der Waals surface area contributed by atoms with Gasteiger partial charge in [0.15, 0.2) is 0 Å². The Morgan fingerprint density at radius 1 is 1.23 bits per heavy atom. The summed E-state index contributed by atoms with van der Waals surface area (Å²) >= 11 is 0. The fourth-order valence-electron chi connectivity index (χ4n) is 3.09. The van der Waals surface area contributed by atoms with Crippen LogP contribution in [0.2, 0.25) is 0 Å². The third-order valence-electron chi connectivity index (χ3n) is 4.25. The predicted octanol–water partition coefficient (Wildman–Crippen LogP) is 0.919. The highest BCUT2D eigenvalue weighted by molar-refractivity contribution is 7.89. The molecular weight excluding hydrogens is 306 g/mol. The van der Waals surface area contributed by atoms with Crippen LogP contribution in [-0.4, -0.2) is 54.5 Å². The molecule has 0 aliphatic carbocycles. The van der Waals surface area contributed by atoms with Gasteiger partial charge in [-0.3, -0.25) is 0 Å². The first kappa shape index (κ1) is 15.2. The Morgan fingerprint density at radius 3 is 2.64 bits per heavy atom. The van der Waals surface area contributed by atoms with E-state index in [2.05, 4.69) is 4.98 Å². The molecule has 1 aromatic rings. The largest absolute Gasteiger partial charge is 0.480 e. The number of aliphatic carboxylic acids is 1. The number of carboxylic acids is 1. The van der Waals surface area contributed by atoms with Crippen LogP contribution in [0.1, 0.15) is 25.7 Å². The number of hydrogen-bond donors (Lipinski definition) is 1. The van der Waals surface area contributed by atoms with Crippen molar-refractivity contribution in [3.05, 3.63) is 18.3 Å². The fourth-order valence-corrected chi connectivity index (χ4v) is 4.62. The monoisotopic (exact) mass is 325 g/mol. The summed E-state index contributed by atoms with van der Waals surface area (Å²) in [6.45, 7) is 1.67. The van der Waals surface area contributed by atoms with Crippen molar-refractivity contribution in [2.45, 2.75) is 36.6 Å². The molecule has 0 saturated carbocycles. The molecule has 0 bridgehead atoms. The summed E-state index contributed by atoms with van der Waals surface area (Å²) < 4.78 is 26.6. The Morgan fingerprint density at radius 2 is 1.95 bits per heavy atom. The first-order chi connectivity index (χ1) is 10.5. The lowest BCUT2D eigenvalue weighted by Crippen LogP contribution is -2.36. The second-order valence-electron chi connectivity index (χ2n) is 5.65. The Kier molecular flexibility index (Phi) is 4.05. The number of nitrogens with zero attached hydrogens (tertiary/aromatic N) is 3. The number of carbonyl (C=O) groups is 1. The molecule has 7 nitrogen and oxygen atoms in total. The van der Waals surface area contributed by atoms with Gasteiger partial charge < -0.3 is 10.0 Å². The van der Waals surface area contributed by atoms with E-state index in [1.165, 1.54) is 22.6 Å². The van der Waals surface area contributed by atoms with Gasteiger partial charge in [-0.15, -0.1) is 0 Å². The van der Waals surface area contributed by atoms with Gasteiger partial charge in [0.25, 0.3) is 0 Å². The van der Waals surface area contributed by atoms with Crippen LogP contribution in [0, 0.1) is 0 Å². The van der Waals surface area contributed by atoms with E-state index in [4.69, 9.17) is 0 Å². The molecule has 3 heterocycles. The number of anilines is 1. The molecule has 1 unspecified atom stereocenters. The number of sulfonamides is 1. The number of rotatable bonds is 4. The molecule has 1 N–H and O–H groups in total. The smallest absolute Gasteiger partial charge is 0.326 e. The average molecular weight is 325 g/mol. The summed E-state index contributed by atoms with van der Waals surface area (Å²) in [7, 11) is -3.51. The second-order valence-corrected chi connectivity index (χ2v) is 7.59. The molecule has 120 valence electrons. The van der Waals surface area contributed by atoms with E-state index in [9.17, 15) is 18.3 Å². The van der Waals surface area contributed by atoms with Gasteiger partial charge in [0.2, 0.25) is 10.0 Å². The Balaban J connectivity index is 1.91. The molecule has 2 aliphatic heterocycles. The van der Waals surface area contributed by atoms with Crippen molar-refractivity contribution >= 4 is 21.8 Å². The van der Waals surface area contributed by atoms with Gasteiger partial charge in [-0.2, -0.15) is 4.31 Å². The van der Waals surface area contributed by atoms with Crippen LogP contribution in [0.3, 0.4) is 0 Å². The maximum atomic E-state index is 12.6. The van der Waals surface area contributed by atoms with Gasteiger partial charge in [0.05, 0.1) is 4.90 Å². The molecule has 2 saturated heterocycles.